The smallest absolute Gasteiger partial charge is 0.224 e. The van der Waals surface area contributed by atoms with Gasteiger partial charge in [0.25, 0.3) is 0 Å². The number of nitrogens with zero attached hydrogens (tertiary/aromatic N) is 1. The molecule has 1 N–H and O–H groups in total. The van der Waals surface area contributed by atoms with Gasteiger partial charge in [-0.05, 0) is 18.1 Å². The molecule has 0 fully saturated rings. The second-order valence-corrected chi connectivity index (χ2v) is 6.59. The van der Waals surface area contributed by atoms with Crippen LogP contribution in [0.5, 0.6) is 5.75 Å². The van der Waals surface area contributed by atoms with Crippen LogP contribution in [0.1, 0.15) is 44.2 Å². The lowest BCUT2D eigenvalue weighted by atomic mass is 9.93. The molecule has 0 spiro atoms. The molecule has 1 amide bonds. The number of hydrogen-bond donors (Lipinski definition) is 1. The maximum atomic E-state index is 11.4. The van der Waals surface area contributed by atoms with Gasteiger partial charge in [0.05, 0.1) is 0 Å². The number of nitrogens with one attached hydrogen (secondary N) is 1. The molecule has 0 bridgehead atoms. The molecule has 0 saturated heterocycles. The zero-order chi connectivity index (χ0) is 15.7. The van der Waals surface area contributed by atoms with E-state index in [1.54, 1.807) is 0 Å². The number of carbonyl (C=O) groups is 1. The number of fused-ring (bicyclic) bond motifs is 1. The van der Waals surface area contributed by atoms with Gasteiger partial charge in [-0.25, -0.2) is 0 Å². The molecule has 0 unspecified atom stereocenters. The SMILES string of the molecule is CC(C)(C)c1cc(COc2ccc3c(c2)NC(=O)CC3)no1. The van der Waals surface area contributed by atoms with Gasteiger partial charge in [-0.15, -0.1) is 0 Å². The van der Waals surface area contributed by atoms with Gasteiger partial charge in [-0.2, -0.15) is 0 Å². The van der Waals surface area contributed by atoms with Gasteiger partial charge in [0, 0.05) is 29.7 Å². The van der Waals surface area contributed by atoms with Crippen molar-refractivity contribution in [2.75, 3.05) is 5.32 Å². The summed E-state index contributed by atoms with van der Waals surface area (Å²) < 4.78 is 11.1. The first-order valence-corrected chi connectivity index (χ1v) is 7.43. The summed E-state index contributed by atoms with van der Waals surface area (Å²) in [5.74, 6) is 1.60. The molecule has 0 atom stereocenters. The van der Waals surface area contributed by atoms with E-state index in [0.29, 0.717) is 18.8 Å². The van der Waals surface area contributed by atoms with Crippen LogP contribution in [-0.4, -0.2) is 11.1 Å². The molecule has 0 aliphatic carbocycles. The number of anilines is 1. The third-order valence-corrected chi connectivity index (χ3v) is 3.66. The predicted molar refractivity (Wildman–Crippen MR) is 82.9 cm³/mol. The summed E-state index contributed by atoms with van der Waals surface area (Å²) in [4.78, 5) is 11.4. The summed E-state index contributed by atoms with van der Waals surface area (Å²) in [6, 6.07) is 7.69. The fraction of sp³-hybridized carbons (Fsp3) is 0.412. The highest BCUT2D eigenvalue weighted by Crippen LogP contribution is 2.28. The van der Waals surface area contributed by atoms with E-state index >= 15 is 0 Å². The Labute approximate surface area is 129 Å². The van der Waals surface area contributed by atoms with Crippen LogP contribution in [0.3, 0.4) is 0 Å². The minimum Gasteiger partial charge on any atom is -0.487 e. The van der Waals surface area contributed by atoms with Crippen LogP contribution in [0.25, 0.3) is 0 Å². The molecule has 116 valence electrons. The fourth-order valence-electron chi connectivity index (χ4n) is 2.33. The van der Waals surface area contributed by atoms with Crippen molar-refractivity contribution >= 4 is 11.6 Å². The summed E-state index contributed by atoms with van der Waals surface area (Å²) >= 11 is 0. The van der Waals surface area contributed by atoms with E-state index in [0.717, 1.165) is 29.1 Å². The molecule has 1 aromatic carbocycles. The number of aromatic nitrogens is 1. The van der Waals surface area contributed by atoms with E-state index < -0.39 is 0 Å². The van der Waals surface area contributed by atoms with Crippen molar-refractivity contribution in [1.82, 2.24) is 5.16 Å². The van der Waals surface area contributed by atoms with Crippen molar-refractivity contribution in [3.63, 3.8) is 0 Å². The van der Waals surface area contributed by atoms with Gasteiger partial charge in [0.2, 0.25) is 5.91 Å². The number of aryl methyl sites for hydroxylation is 1. The highest BCUT2D eigenvalue weighted by molar-refractivity contribution is 5.94. The number of hydrogen-bond acceptors (Lipinski definition) is 4. The van der Waals surface area contributed by atoms with Crippen LogP contribution in [0.4, 0.5) is 5.69 Å². The minimum atomic E-state index is -0.0681. The highest BCUT2D eigenvalue weighted by atomic mass is 16.5. The molecular formula is C17H20N2O3. The van der Waals surface area contributed by atoms with Crippen LogP contribution in [-0.2, 0) is 23.2 Å². The highest BCUT2D eigenvalue weighted by Gasteiger charge is 2.20. The first kappa shape index (κ1) is 14.6. The average Bonchev–Trinajstić information content (AvgIpc) is 2.93. The summed E-state index contributed by atoms with van der Waals surface area (Å²) in [6.45, 7) is 6.56. The zero-order valence-electron chi connectivity index (χ0n) is 13.1. The van der Waals surface area contributed by atoms with Crippen molar-refractivity contribution in [3.8, 4) is 5.75 Å². The zero-order valence-corrected chi connectivity index (χ0v) is 13.1. The quantitative estimate of drug-likeness (QED) is 0.943. The molecule has 22 heavy (non-hydrogen) atoms. The summed E-state index contributed by atoms with van der Waals surface area (Å²) in [5.41, 5.74) is 2.67. The lowest BCUT2D eigenvalue weighted by Crippen LogP contribution is -2.18. The van der Waals surface area contributed by atoms with E-state index in [2.05, 4.69) is 31.2 Å². The normalized spacial score (nSPS) is 14.4. The molecule has 2 aromatic rings. The van der Waals surface area contributed by atoms with Gasteiger partial charge in [-0.3, -0.25) is 4.79 Å². The van der Waals surface area contributed by atoms with E-state index in [-0.39, 0.29) is 11.3 Å². The first-order valence-electron chi connectivity index (χ1n) is 7.43. The molecule has 1 aliphatic rings. The second kappa shape index (κ2) is 5.48. The molecule has 0 radical (unpaired) electrons. The van der Waals surface area contributed by atoms with E-state index in [4.69, 9.17) is 9.26 Å². The number of carbonyl (C=O) groups excluding carboxylic acids is 1. The lowest BCUT2D eigenvalue weighted by Gasteiger charge is -2.17. The maximum absolute atomic E-state index is 11.4. The standard InChI is InChI=1S/C17H20N2O3/c1-17(2,3)15-8-12(19-22-15)10-21-13-6-4-11-5-7-16(20)18-14(11)9-13/h4,6,8-9H,5,7,10H2,1-3H3,(H,18,20). The van der Waals surface area contributed by atoms with Crippen LogP contribution in [0.15, 0.2) is 28.8 Å². The molecule has 3 rings (SSSR count). The minimum absolute atomic E-state index is 0.0518. The molecule has 5 nitrogen and oxygen atoms in total. The maximum Gasteiger partial charge on any atom is 0.224 e. The van der Waals surface area contributed by atoms with Gasteiger partial charge < -0.3 is 14.6 Å². The summed E-state index contributed by atoms with van der Waals surface area (Å²) in [5, 5.41) is 6.90. The van der Waals surface area contributed by atoms with Gasteiger partial charge >= 0.3 is 0 Å². The third-order valence-electron chi connectivity index (χ3n) is 3.66. The van der Waals surface area contributed by atoms with Crippen molar-refractivity contribution in [1.29, 1.82) is 0 Å². The number of ether oxygens (including phenoxy) is 1. The molecule has 2 heterocycles. The van der Waals surface area contributed by atoms with Crippen LogP contribution < -0.4 is 10.1 Å². The van der Waals surface area contributed by atoms with Gasteiger partial charge in [0.15, 0.2) is 0 Å². The van der Waals surface area contributed by atoms with Gasteiger partial charge in [0.1, 0.15) is 23.8 Å². The van der Waals surface area contributed by atoms with Crippen molar-refractivity contribution < 1.29 is 14.1 Å². The Morgan fingerprint density at radius 3 is 2.82 bits per heavy atom. The average molecular weight is 300 g/mol. The van der Waals surface area contributed by atoms with Crippen LogP contribution >= 0.6 is 0 Å². The predicted octanol–water partition coefficient (Wildman–Crippen LogP) is 3.44. The number of amides is 1. The van der Waals surface area contributed by atoms with Crippen LogP contribution in [0.2, 0.25) is 0 Å². The van der Waals surface area contributed by atoms with Gasteiger partial charge in [-0.1, -0.05) is 32.0 Å². The van der Waals surface area contributed by atoms with E-state index in [9.17, 15) is 4.79 Å². The van der Waals surface area contributed by atoms with Crippen molar-refractivity contribution in [2.45, 2.75) is 45.6 Å². The Kier molecular flexibility index (Phi) is 3.64. The third kappa shape index (κ3) is 3.13. The molecule has 5 heteroatoms. The Balaban J connectivity index is 1.68. The Bertz CT molecular complexity index is 698. The van der Waals surface area contributed by atoms with Crippen molar-refractivity contribution in [2.24, 2.45) is 0 Å². The largest absolute Gasteiger partial charge is 0.487 e. The Hall–Kier alpha value is -2.30. The molecule has 1 aromatic heterocycles. The number of benzene rings is 1. The topological polar surface area (TPSA) is 64.4 Å². The van der Waals surface area contributed by atoms with E-state index in [1.807, 2.05) is 24.3 Å². The monoisotopic (exact) mass is 300 g/mol. The Morgan fingerprint density at radius 1 is 1.27 bits per heavy atom. The number of rotatable bonds is 3. The molecular weight excluding hydrogens is 280 g/mol. The van der Waals surface area contributed by atoms with Crippen LogP contribution in [0, 0.1) is 0 Å². The Morgan fingerprint density at radius 2 is 2.09 bits per heavy atom. The fourth-order valence-corrected chi connectivity index (χ4v) is 2.33. The molecule has 1 aliphatic heterocycles. The molecule has 0 saturated carbocycles. The van der Waals surface area contributed by atoms with E-state index in [1.165, 1.54) is 0 Å². The summed E-state index contributed by atoms with van der Waals surface area (Å²) in [6.07, 6.45) is 1.32. The summed E-state index contributed by atoms with van der Waals surface area (Å²) in [7, 11) is 0. The van der Waals surface area contributed by atoms with Crippen molar-refractivity contribution in [3.05, 3.63) is 41.3 Å². The second-order valence-electron chi connectivity index (χ2n) is 6.59. The first-order chi connectivity index (χ1) is 10.4. The lowest BCUT2D eigenvalue weighted by molar-refractivity contribution is -0.116.